The maximum absolute atomic E-state index is 13.6. The quantitative estimate of drug-likeness (QED) is 0.708. The highest BCUT2D eigenvalue weighted by atomic mass is 127. The zero-order valence-corrected chi connectivity index (χ0v) is 12.9. The second kappa shape index (κ2) is 6.48. The molecule has 2 rings (SSSR count). The van der Waals surface area contributed by atoms with Crippen molar-refractivity contribution >= 4 is 40.0 Å². The predicted octanol–water partition coefficient (Wildman–Crippen LogP) is 4.44. The lowest BCUT2D eigenvalue weighted by Crippen LogP contribution is -2.08. The van der Waals surface area contributed by atoms with Crippen LogP contribution in [-0.4, -0.2) is 5.78 Å². The first-order valence-corrected chi connectivity index (χ1v) is 7.21. The van der Waals surface area contributed by atoms with Crippen molar-refractivity contribution in [3.05, 3.63) is 68.0 Å². The maximum Gasteiger partial charge on any atom is 0.141 e. The summed E-state index contributed by atoms with van der Waals surface area (Å²) in [6.45, 7) is 0. The summed E-state index contributed by atoms with van der Waals surface area (Å²) in [5, 5.41) is 0.302. The van der Waals surface area contributed by atoms with Crippen LogP contribution in [0, 0.1) is 9.39 Å². The van der Waals surface area contributed by atoms with E-state index >= 15 is 0 Å². The van der Waals surface area contributed by atoms with E-state index in [1.54, 1.807) is 6.07 Å². The van der Waals surface area contributed by atoms with Gasteiger partial charge in [0.1, 0.15) is 11.6 Å². The second-order valence-electron chi connectivity index (χ2n) is 4.22. The second-order valence-corrected chi connectivity index (χ2v) is 5.87. The normalized spacial score (nSPS) is 10.5. The number of benzene rings is 2. The van der Waals surface area contributed by atoms with Gasteiger partial charge in [-0.25, -0.2) is 4.39 Å². The van der Waals surface area contributed by atoms with Crippen LogP contribution in [0.4, 0.5) is 4.39 Å². The third-order valence-electron chi connectivity index (χ3n) is 2.75. The summed E-state index contributed by atoms with van der Waals surface area (Å²) in [5.74, 6) is -0.475. The van der Waals surface area contributed by atoms with E-state index in [0.29, 0.717) is 11.4 Å². The van der Waals surface area contributed by atoms with Gasteiger partial charge in [-0.05, 0) is 52.4 Å². The summed E-state index contributed by atoms with van der Waals surface area (Å²) in [6.07, 6.45) is 0.319. The number of hydrogen-bond donors (Lipinski definition) is 0. The molecule has 0 saturated carbocycles. The molecule has 2 aromatic carbocycles. The van der Waals surface area contributed by atoms with E-state index in [2.05, 4.69) is 22.6 Å². The molecule has 0 N–H and O–H groups in total. The predicted molar refractivity (Wildman–Crippen MR) is 83.0 cm³/mol. The summed E-state index contributed by atoms with van der Waals surface area (Å²) in [7, 11) is 0. The molecule has 0 unspecified atom stereocenters. The van der Waals surface area contributed by atoms with Crippen LogP contribution < -0.4 is 0 Å². The number of hydrogen-bond acceptors (Lipinski definition) is 1. The van der Waals surface area contributed by atoms with Gasteiger partial charge in [0.25, 0.3) is 0 Å². The van der Waals surface area contributed by atoms with Crippen LogP contribution in [0.3, 0.4) is 0 Å². The number of ketones is 1. The highest BCUT2D eigenvalue weighted by molar-refractivity contribution is 14.1. The zero-order chi connectivity index (χ0) is 13.8. The Labute approximate surface area is 129 Å². The maximum atomic E-state index is 13.6. The lowest BCUT2D eigenvalue weighted by atomic mass is 10.0. The molecule has 1 nitrogen and oxygen atoms in total. The van der Waals surface area contributed by atoms with E-state index in [0.717, 1.165) is 9.13 Å². The molecule has 0 atom stereocenters. The Kier molecular flexibility index (Phi) is 4.93. The van der Waals surface area contributed by atoms with Gasteiger partial charge in [0.2, 0.25) is 0 Å². The molecule has 0 aliphatic heterocycles. The fourth-order valence-corrected chi connectivity index (χ4v) is 2.38. The van der Waals surface area contributed by atoms with Gasteiger partial charge in [0.15, 0.2) is 0 Å². The molecule has 0 saturated heterocycles. The Morgan fingerprint density at radius 2 is 1.79 bits per heavy atom. The van der Waals surface area contributed by atoms with Gasteiger partial charge < -0.3 is 0 Å². The molecular formula is C15H11ClFIO. The number of carbonyl (C=O) groups is 1. The molecule has 0 amide bonds. The summed E-state index contributed by atoms with van der Waals surface area (Å²) < 4.78 is 14.7. The number of carbonyl (C=O) groups excluding carboxylic acids is 1. The van der Waals surface area contributed by atoms with Crippen molar-refractivity contribution < 1.29 is 9.18 Å². The first kappa shape index (κ1) is 14.5. The molecule has 19 heavy (non-hydrogen) atoms. The van der Waals surface area contributed by atoms with Crippen molar-refractivity contribution in [1.29, 1.82) is 0 Å². The van der Waals surface area contributed by atoms with Crippen molar-refractivity contribution in [2.24, 2.45) is 0 Å². The van der Waals surface area contributed by atoms with Crippen molar-refractivity contribution in [3.8, 4) is 0 Å². The zero-order valence-electron chi connectivity index (χ0n) is 10.00. The molecular weight excluding hydrogens is 378 g/mol. The van der Waals surface area contributed by atoms with E-state index in [4.69, 9.17) is 11.6 Å². The molecule has 0 bridgehead atoms. The van der Waals surface area contributed by atoms with Gasteiger partial charge in [-0.1, -0.05) is 29.8 Å². The molecule has 4 heteroatoms. The Morgan fingerprint density at radius 1 is 1.11 bits per heavy atom. The molecule has 0 aliphatic rings. The van der Waals surface area contributed by atoms with Crippen molar-refractivity contribution in [1.82, 2.24) is 0 Å². The highest BCUT2D eigenvalue weighted by Gasteiger charge is 2.12. The van der Waals surface area contributed by atoms with Crippen LogP contribution in [-0.2, 0) is 17.6 Å². The van der Waals surface area contributed by atoms with Gasteiger partial charge in [-0.3, -0.25) is 4.79 Å². The molecule has 0 aliphatic carbocycles. The molecule has 0 radical (unpaired) electrons. The van der Waals surface area contributed by atoms with Crippen LogP contribution in [0.1, 0.15) is 11.1 Å². The lowest BCUT2D eigenvalue weighted by Gasteiger charge is -2.05. The van der Waals surface area contributed by atoms with Gasteiger partial charge in [-0.2, -0.15) is 0 Å². The Morgan fingerprint density at radius 3 is 2.42 bits per heavy atom. The number of rotatable bonds is 4. The van der Waals surface area contributed by atoms with Gasteiger partial charge in [0, 0.05) is 27.0 Å². The monoisotopic (exact) mass is 388 g/mol. The average Bonchev–Trinajstić information content (AvgIpc) is 2.37. The van der Waals surface area contributed by atoms with E-state index in [1.807, 2.05) is 24.3 Å². The van der Waals surface area contributed by atoms with Crippen molar-refractivity contribution in [2.75, 3.05) is 0 Å². The Hall–Kier alpha value is -0.940. The third kappa shape index (κ3) is 4.01. The summed E-state index contributed by atoms with van der Waals surface area (Å²) in [4.78, 5) is 11.9. The fraction of sp³-hybridized carbons (Fsp3) is 0.133. The van der Waals surface area contributed by atoms with Crippen LogP contribution in [0.2, 0.25) is 5.02 Å². The van der Waals surface area contributed by atoms with Crippen LogP contribution in [0.15, 0.2) is 42.5 Å². The Bertz CT molecular complexity index is 575. The molecule has 0 fully saturated rings. The van der Waals surface area contributed by atoms with Crippen LogP contribution in [0.25, 0.3) is 0 Å². The minimum atomic E-state index is -0.427. The van der Waals surface area contributed by atoms with Crippen LogP contribution >= 0.6 is 34.2 Å². The highest BCUT2D eigenvalue weighted by Crippen LogP contribution is 2.20. The van der Waals surface area contributed by atoms with Gasteiger partial charge in [0.05, 0.1) is 0 Å². The first-order chi connectivity index (χ1) is 9.06. The number of Topliss-reactive ketones (excluding diaryl/α,β-unsaturated/α-hetero) is 1. The Balaban J connectivity index is 2.07. The van der Waals surface area contributed by atoms with Crippen molar-refractivity contribution in [2.45, 2.75) is 12.8 Å². The molecule has 98 valence electrons. The summed E-state index contributed by atoms with van der Waals surface area (Å²) in [5.41, 5.74) is 1.21. The number of halogens is 3. The van der Waals surface area contributed by atoms with Gasteiger partial charge >= 0.3 is 0 Å². The first-order valence-electron chi connectivity index (χ1n) is 5.75. The third-order valence-corrected chi connectivity index (χ3v) is 3.82. The summed E-state index contributed by atoms with van der Waals surface area (Å²) >= 11 is 8.11. The molecule has 0 aromatic heterocycles. The van der Waals surface area contributed by atoms with E-state index < -0.39 is 5.82 Å². The lowest BCUT2D eigenvalue weighted by molar-refractivity contribution is -0.117. The van der Waals surface area contributed by atoms with Crippen molar-refractivity contribution in [3.63, 3.8) is 0 Å². The topological polar surface area (TPSA) is 17.1 Å². The minimum absolute atomic E-state index is 0.0253. The molecule has 0 heterocycles. The largest absolute Gasteiger partial charge is 0.299 e. The minimum Gasteiger partial charge on any atom is -0.299 e. The average molecular weight is 389 g/mol. The van der Waals surface area contributed by atoms with E-state index in [9.17, 15) is 9.18 Å². The molecule has 0 spiro atoms. The summed E-state index contributed by atoms with van der Waals surface area (Å²) in [6, 6.07) is 12.1. The SMILES string of the molecule is O=C(Cc1ccc(I)cc1)Cc1c(F)cccc1Cl. The van der Waals surface area contributed by atoms with E-state index in [1.165, 1.54) is 12.1 Å². The molecule has 2 aromatic rings. The fourth-order valence-electron chi connectivity index (χ4n) is 1.79. The van der Waals surface area contributed by atoms with Crippen LogP contribution in [0.5, 0.6) is 0 Å². The van der Waals surface area contributed by atoms with E-state index in [-0.39, 0.29) is 17.8 Å². The van der Waals surface area contributed by atoms with Gasteiger partial charge in [-0.15, -0.1) is 0 Å². The standard InChI is InChI=1S/C15H11ClFIO/c16-14-2-1-3-15(17)13(14)9-12(19)8-10-4-6-11(18)7-5-10/h1-7H,8-9H2. The smallest absolute Gasteiger partial charge is 0.141 e.